The van der Waals surface area contributed by atoms with E-state index in [9.17, 15) is 9.90 Å². The van der Waals surface area contributed by atoms with E-state index < -0.39 is 0 Å². The molecule has 0 atom stereocenters. The highest BCUT2D eigenvalue weighted by molar-refractivity contribution is 5.83. The Morgan fingerprint density at radius 1 is 1.44 bits per heavy atom. The summed E-state index contributed by atoms with van der Waals surface area (Å²) >= 11 is 0. The van der Waals surface area contributed by atoms with Crippen molar-refractivity contribution < 1.29 is 14.6 Å². The zero-order chi connectivity index (χ0) is 13.0. The summed E-state index contributed by atoms with van der Waals surface area (Å²) in [6.07, 6.45) is 3.15. The van der Waals surface area contributed by atoms with Crippen LogP contribution in [0.3, 0.4) is 0 Å². The molecule has 0 spiro atoms. The Kier molecular flexibility index (Phi) is 4.59. The van der Waals surface area contributed by atoms with Gasteiger partial charge in [-0.05, 0) is 44.7 Å². The van der Waals surface area contributed by atoms with Crippen molar-refractivity contribution >= 4 is 5.91 Å². The topological polar surface area (TPSA) is 70.6 Å². The van der Waals surface area contributed by atoms with Gasteiger partial charge >= 0.3 is 0 Å². The SMILES string of the molecule is COCC1(C(=O)NCC2CC(O)C2)CCNCC1. The van der Waals surface area contributed by atoms with Crippen molar-refractivity contribution in [1.29, 1.82) is 0 Å². The summed E-state index contributed by atoms with van der Waals surface area (Å²) in [6, 6.07) is 0. The number of carbonyl (C=O) groups is 1. The van der Waals surface area contributed by atoms with Gasteiger partial charge < -0.3 is 20.5 Å². The molecule has 18 heavy (non-hydrogen) atoms. The fourth-order valence-corrected chi connectivity index (χ4v) is 2.91. The van der Waals surface area contributed by atoms with Gasteiger partial charge in [0.05, 0.1) is 18.1 Å². The number of methoxy groups -OCH3 is 1. The molecular formula is C13H24N2O3. The van der Waals surface area contributed by atoms with E-state index in [0.717, 1.165) is 38.8 Å². The van der Waals surface area contributed by atoms with E-state index in [1.54, 1.807) is 7.11 Å². The first-order valence-corrected chi connectivity index (χ1v) is 6.82. The molecule has 0 aromatic carbocycles. The molecule has 0 aromatic heterocycles. The number of ether oxygens (including phenoxy) is 1. The number of rotatable bonds is 5. The van der Waals surface area contributed by atoms with Crippen LogP contribution in [0.4, 0.5) is 0 Å². The fraction of sp³-hybridized carbons (Fsp3) is 0.923. The van der Waals surface area contributed by atoms with E-state index in [-0.39, 0.29) is 17.4 Å². The van der Waals surface area contributed by atoms with Crippen LogP contribution < -0.4 is 10.6 Å². The number of hydrogen-bond acceptors (Lipinski definition) is 4. The molecule has 0 bridgehead atoms. The predicted octanol–water partition coefficient (Wildman–Crippen LogP) is -0.110. The van der Waals surface area contributed by atoms with Gasteiger partial charge in [0.2, 0.25) is 5.91 Å². The maximum atomic E-state index is 12.4. The van der Waals surface area contributed by atoms with Crippen LogP contribution in [0.1, 0.15) is 25.7 Å². The molecule has 1 aliphatic carbocycles. The van der Waals surface area contributed by atoms with Crippen molar-refractivity contribution in [3.63, 3.8) is 0 Å². The zero-order valence-electron chi connectivity index (χ0n) is 11.1. The van der Waals surface area contributed by atoms with Gasteiger partial charge in [0, 0.05) is 13.7 Å². The first-order valence-electron chi connectivity index (χ1n) is 6.82. The van der Waals surface area contributed by atoms with E-state index in [1.807, 2.05) is 0 Å². The number of aliphatic hydroxyl groups is 1. The van der Waals surface area contributed by atoms with Crippen molar-refractivity contribution in [3.05, 3.63) is 0 Å². The predicted molar refractivity (Wildman–Crippen MR) is 68.2 cm³/mol. The molecule has 2 rings (SSSR count). The molecule has 2 fully saturated rings. The largest absolute Gasteiger partial charge is 0.393 e. The lowest BCUT2D eigenvalue weighted by molar-refractivity contribution is -0.136. The highest BCUT2D eigenvalue weighted by Crippen LogP contribution is 2.30. The van der Waals surface area contributed by atoms with Crippen LogP contribution in [0.15, 0.2) is 0 Å². The molecule has 1 amide bonds. The Labute approximate surface area is 108 Å². The summed E-state index contributed by atoms with van der Waals surface area (Å²) in [6.45, 7) is 2.93. The number of piperidine rings is 1. The normalized spacial score (nSPS) is 30.6. The van der Waals surface area contributed by atoms with E-state index >= 15 is 0 Å². The van der Waals surface area contributed by atoms with Gasteiger partial charge in [-0.15, -0.1) is 0 Å². The molecule has 1 heterocycles. The second-order valence-electron chi connectivity index (χ2n) is 5.66. The molecule has 5 heteroatoms. The molecule has 2 aliphatic rings. The zero-order valence-corrected chi connectivity index (χ0v) is 11.1. The van der Waals surface area contributed by atoms with Gasteiger partial charge in [0.1, 0.15) is 0 Å². The van der Waals surface area contributed by atoms with Crippen molar-refractivity contribution in [1.82, 2.24) is 10.6 Å². The molecule has 0 aromatic rings. The van der Waals surface area contributed by atoms with Crippen LogP contribution in [-0.2, 0) is 9.53 Å². The van der Waals surface area contributed by atoms with Gasteiger partial charge in [-0.1, -0.05) is 0 Å². The van der Waals surface area contributed by atoms with Crippen LogP contribution in [0.2, 0.25) is 0 Å². The summed E-state index contributed by atoms with van der Waals surface area (Å²) < 4.78 is 5.24. The minimum atomic E-state index is -0.359. The lowest BCUT2D eigenvalue weighted by atomic mass is 9.78. The molecule has 5 nitrogen and oxygen atoms in total. The fourth-order valence-electron chi connectivity index (χ4n) is 2.91. The number of amides is 1. The summed E-state index contributed by atoms with van der Waals surface area (Å²) in [4.78, 5) is 12.4. The smallest absolute Gasteiger partial charge is 0.228 e. The van der Waals surface area contributed by atoms with Crippen LogP contribution in [0, 0.1) is 11.3 Å². The Morgan fingerprint density at radius 3 is 2.67 bits per heavy atom. The lowest BCUT2D eigenvalue weighted by Crippen LogP contribution is -2.51. The first-order chi connectivity index (χ1) is 8.66. The van der Waals surface area contributed by atoms with Gasteiger partial charge in [-0.25, -0.2) is 0 Å². The average molecular weight is 256 g/mol. The first kappa shape index (κ1) is 13.8. The Bertz CT molecular complexity index is 278. The van der Waals surface area contributed by atoms with E-state index in [0.29, 0.717) is 19.1 Å². The Hall–Kier alpha value is -0.650. The van der Waals surface area contributed by atoms with Gasteiger partial charge in [0.25, 0.3) is 0 Å². The van der Waals surface area contributed by atoms with Crippen molar-refractivity contribution in [2.24, 2.45) is 11.3 Å². The molecular weight excluding hydrogens is 232 g/mol. The minimum Gasteiger partial charge on any atom is -0.393 e. The molecule has 1 saturated carbocycles. The van der Waals surface area contributed by atoms with E-state index in [1.165, 1.54) is 0 Å². The highest BCUT2D eigenvalue weighted by atomic mass is 16.5. The number of aliphatic hydroxyl groups excluding tert-OH is 1. The number of nitrogens with one attached hydrogen (secondary N) is 2. The maximum Gasteiger partial charge on any atom is 0.228 e. The third kappa shape index (κ3) is 3.02. The summed E-state index contributed by atoms with van der Waals surface area (Å²) in [5.74, 6) is 0.567. The average Bonchev–Trinajstić information content (AvgIpc) is 2.34. The van der Waals surface area contributed by atoms with Crippen LogP contribution >= 0.6 is 0 Å². The quantitative estimate of drug-likeness (QED) is 0.642. The van der Waals surface area contributed by atoms with Gasteiger partial charge in [-0.2, -0.15) is 0 Å². The second kappa shape index (κ2) is 5.99. The minimum absolute atomic E-state index is 0.118. The third-order valence-electron chi connectivity index (χ3n) is 4.23. The standard InChI is InChI=1S/C13H24N2O3/c1-18-9-13(2-4-14-5-3-13)12(17)15-8-10-6-11(16)7-10/h10-11,14,16H,2-9H2,1H3,(H,15,17). The van der Waals surface area contributed by atoms with Crippen LogP contribution in [-0.4, -0.2) is 50.5 Å². The summed E-state index contributed by atoms with van der Waals surface area (Å²) in [5, 5.41) is 15.5. The molecule has 1 saturated heterocycles. The van der Waals surface area contributed by atoms with E-state index in [2.05, 4.69) is 10.6 Å². The van der Waals surface area contributed by atoms with E-state index in [4.69, 9.17) is 4.74 Å². The van der Waals surface area contributed by atoms with Crippen molar-refractivity contribution in [3.8, 4) is 0 Å². The summed E-state index contributed by atoms with van der Waals surface area (Å²) in [5.41, 5.74) is -0.359. The maximum absolute atomic E-state index is 12.4. The lowest BCUT2D eigenvalue weighted by Gasteiger charge is -2.37. The third-order valence-corrected chi connectivity index (χ3v) is 4.23. The van der Waals surface area contributed by atoms with Crippen LogP contribution in [0.5, 0.6) is 0 Å². The van der Waals surface area contributed by atoms with Gasteiger partial charge in [0.15, 0.2) is 0 Å². The monoisotopic (exact) mass is 256 g/mol. The molecule has 0 radical (unpaired) electrons. The highest BCUT2D eigenvalue weighted by Gasteiger charge is 2.40. The molecule has 104 valence electrons. The number of hydrogen-bond donors (Lipinski definition) is 3. The second-order valence-corrected chi connectivity index (χ2v) is 5.66. The van der Waals surface area contributed by atoms with Gasteiger partial charge in [-0.3, -0.25) is 4.79 Å². The van der Waals surface area contributed by atoms with Crippen LogP contribution in [0.25, 0.3) is 0 Å². The van der Waals surface area contributed by atoms with Crippen molar-refractivity contribution in [2.75, 3.05) is 33.4 Å². The molecule has 3 N–H and O–H groups in total. The Balaban J connectivity index is 1.83. The Morgan fingerprint density at radius 2 is 2.11 bits per heavy atom. The summed E-state index contributed by atoms with van der Waals surface area (Å²) in [7, 11) is 1.65. The molecule has 1 aliphatic heterocycles. The molecule has 0 unspecified atom stereocenters. The number of carbonyl (C=O) groups excluding carboxylic acids is 1. The van der Waals surface area contributed by atoms with Crippen molar-refractivity contribution in [2.45, 2.75) is 31.8 Å².